The number of benzene rings is 1. The van der Waals surface area contributed by atoms with Gasteiger partial charge in [-0.25, -0.2) is 4.79 Å². The molecule has 18 heavy (non-hydrogen) atoms. The summed E-state index contributed by atoms with van der Waals surface area (Å²) in [5.74, 6) is 0.443. The van der Waals surface area contributed by atoms with Crippen molar-refractivity contribution in [1.29, 1.82) is 0 Å². The molecule has 0 aliphatic carbocycles. The molecular formula is C13H18ClN3O. The number of likely N-dealkylation sites (tertiary alicyclic amines) is 1. The minimum Gasteiger partial charge on any atom is -0.326 e. The fourth-order valence-electron chi connectivity index (χ4n) is 2.33. The highest BCUT2D eigenvalue weighted by Gasteiger charge is 2.25. The van der Waals surface area contributed by atoms with Crippen LogP contribution in [0.4, 0.5) is 10.5 Å². The van der Waals surface area contributed by atoms with Crippen molar-refractivity contribution in [2.24, 2.45) is 11.7 Å². The van der Waals surface area contributed by atoms with Gasteiger partial charge < -0.3 is 16.0 Å². The lowest BCUT2D eigenvalue weighted by atomic mass is 9.97. The molecule has 1 aromatic rings. The number of carbonyl (C=O) groups is 1. The van der Waals surface area contributed by atoms with E-state index in [9.17, 15) is 4.79 Å². The lowest BCUT2D eigenvalue weighted by Crippen LogP contribution is -2.50. The summed E-state index contributed by atoms with van der Waals surface area (Å²) in [6, 6.07) is 7.08. The highest BCUT2D eigenvalue weighted by Crippen LogP contribution is 2.18. The molecule has 1 saturated heterocycles. The van der Waals surface area contributed by atoms with E-state index < -0.39 is 0 Å². The standard InChI is InChI=1S/C13H18ClN3O/c1-9-5-11(15)8-17(7-9)13(18)16-12-4-2-3-10(14)6-12/h2-4,6,9,11H,5,7-8,15H2,1H3,(H,16,18). The highest BCUT2D eigenvalue weighted by atomic mass is 35.5. The Morgan fingerprint density at radius 1 is 1.50 bits per heavy atom. The molecule has 0 bridgehead atoms. The summed E-state index contributed by atoms with van der Waals surface area (Å²) in [7, 11) is 0. The zero-order valence-corrected chi connectivity index (χ0v) is 11.2. The summed E-state index contributed by atoms with van der Waals surface area (Å²) in [5.41, 5.74) is 6.64. The van der Waals surface area contributed by atoms with Crippen LogP contribution in [0, 0.1) is 5.92 Å². The van der Waals surface area contributed by atoms with Crippen LogP contribution in [0.5, 0.6) is 0 Å². The number of hydrogen-bond donors (Lipinski definition) is 2. The average Bonchev–Trinajstić information content (AvgIpc) is 2.27. The van der Waals surface area contributed by atoms with E-state index >= 15 is 0 Å². The molecule has 1 heterocycles. The zero-order chi connectivity index (χ0) is 13.1. The number of piperidine rings is 1. The minimum atomic E-state index is -0.112. The second-order valence-electron chi connectivity index (χ2n) is 4.95. The third kappa shape index (κ3) is 3.37. The Bertz CT molecular complexity index is 428. The maximum Gasteiger partial charge on any atom is 0.321 e. The van der Waals surface area contributed by atoms with Crippen molar-refractivity contribution in [2.45, 2.75) is 19.4 Å². The number of carbonyl (C=O) groups excluding carboxylic acids is 1. The van der Waals surface area contributed by atoms with E-state index in [0.29, 0.717) is 23.2 Å². The van der Waals surface area contributed by atoms with Crippen LogP contribution in [0.1, 0.15) is 13.3 Å². The smallest absolute Gasteiger partial charge is 0.321 e. The number of amides is 2. The van der Waals surface area contributed by atoms with Crippen molar-refractivity contribution < 1.29 is 4.79 Å². The van der Waals surface area contributed by atoms with E-state index in [1.165, 1.54) is 0 Å². The van der Waals surface area contributed by atoms with E-state index in [4.69, 9.17) is 17.3 Å². The molecular weight excluding hydrogens is 250 g/mol. The van der Waals surface area contributed by atoms with Gasteiger partial charge in [0.05, 0.1) is 0 Å². The van der Waals surface area contributed by atoms with Crippen molar-refractivity contribution in [1.82, 2.24) is 4.90 Å². The van der Waals surface area contributed by atoms with E-state index in [-0.39, 0.29) is 12.1 Å². The largest absolute Gasteiger partial charge is 0.326 e. The Hall–Kier alpha value is -1.26. The molecule has 0 saturated carbocycles. The molecule has 2 amide bonds. The third-order valence-electron chi connectivity index (χ3n) is 3.06. The summed E-state index contributed by atoms with van der Waals surface area (Å²) >= 11 is 5.88. The Kier molecular flexibility index (Phi) is 4.09. The number of nitrogens with one attached hydrogen (secondary N) is 1. The number of nitrogens with two attached hydrogens (primary N) is 1. The lowest BCUT2D eigenvalue weighted by molar-refractivity contribution is 0.172. The first kappa shape index (κ1) is 13.2. The van der Waals surface area contributed by atoms with Crippen LogP contribution in [-0.2, 0) is 0 Å². The number of urea groups is 1. The summed E-state index contributed by atoms with van der Waals surface area (Å²) < 4.78 is 0. The molecule has 0 aromatic heterocycles. The fourth-order valence-corrected chi connectivity index (χ4v) is 2.52. The predicted molar refractivity (Wildman–Crippen MR) is 73.8 cm³/mol. The molecule has 98 valence electrons. The second kappa shape index (κ2) is 5.59. The normalized spacial score (nSPS) is 23.8. The SMILES string of the molecule is CC1CC(N)CN(C(=O)Nc2cccc(Cl)c2)C1. The number of rotatable bonds is 1. The Labute approximate surface area is 112 Å². The topological polar surface area (TPSA) is 58.4 Å². The van der Waals surface area contributed by atoms with Crippen molar-refractivity contribution in [2.75, 3.05) is 18.4 Å². The van der Waals surface area contributed by atoms with Crippen LogP contribution >= 0.6 is 11.6 Å². The maximum atomic E-state index is 12.1. The van der Waals surface area contributed by atoms with Crippen LogP contribution in [0.2, 0.25) is 5.02 Å². The molecule has 2 atom stereocenters. The molecule has 1 aromatic carbocycles. The molecule has 3 N–H and O–H groups in total. The van der Waals surface area contributed by atoms with E-state index in [2.05, 4.69) is 12.2 Å². The molecule has 1 fully saturated rings. The Morgan fingerprint density at radius 3 is 2.94 bits per heavy atom. The van der Waals surface area contributed by atoms with Gasteiger partial charge in [0, 0.05) is 29.8 Å². The van der Waals surface area contributed by atoms with Gasteiger partial charge in [0.1, 0.15) is 0 Å². The Balaban J connectivity index is 1.99. The van der Waals surface area contributed by atoms with E-state index in [1.807, 2.05) is 12.1 Å². The van der Waals surface area contributed by atoms with Crippen molar-refractivity contribution in [3.63, 3.8) is 0 Å². The number of nitrogens with zero attached hydrogens (tertiary/aromatic N) is 1. The average molecular weight is 268 g/mol. The molecule has 1 aliphatic heterocycles. The van der Waals surface area contributed by atoms with Gasteiger partial charge in [0.15, 0.2) is 0 Å². The van der Waals surface area contributed by atoms with Crippen molar-refractivity contribution in [3.8, 4) is 0 Å². The van der Waals surface area contributed by atoms with Gasteiger partial charge in [-0.15, -0.1) is 0 Å². The van der Waals surface area contributed by atoms with E-state index in [1.54, 1.807) is 17.0 Å². The molecule has 1 aliphatic rings. The maximum absolute atomic E-state index is 12.1. The van der Waals surface area contributed by atoms with Gasteiger partial charge in [0.25, 0.3) is 0 Å². The van der Waals surface area contributed by atoms with Gasteiger partial charge in [-0.3, -0.25) is 0 Å². The van der Waals surface area contributed by atoms with Crippen LogP contribution < -0.4 is 11.1 Å². The summed E-state index contributed by atoms with van der Waals surface area (Å²) in [5, 5.41) is 3.45. The molecule has 0 spiro atoms. The summed E-state index contributed by atoms with van der Waals surface area (Å²) in [4.78, 5) is 13.8. The quantitative estimate of drug-likeness (QED) is 0.822. The van der Waals surface area contributed by atoms with Crippen molar-refractivity contribution >= 4 is 23.3 Å². The molecule has 5 heteroatoms. The first-order chi connectivity index (χ1) is 8.54. The third-order valence-corrected chi connectivity index (χ3v) is 3.29. The van der Waals surface area contributed by atoms with Gasteiger partial charge in [-0.2, -0.15) is 0 Å². The highest BCUT2D eigenvalue weighted by molar-refractivity contribution is 6.30. The molecule has 0 radical (unpaired) electrons. The van der Waals surface area contributed by atoms with Gasteiger partial charge >= 0.3 is 6.03 Å². The van der Waals surface area contributed by atoms with Crippen LogP contribution in [-0.4, -0.2) is 30.1 Å². The van der Waals surface area contributed by atoms with E-state index in [0.717, 1.165) is 13.0 Å². The number of anilines is 1. The zero-order valence-electron chi connectivity index (χ0n) is 10.4. The van der Waals surface area contributed by atoms with Gasteiger partial charge in [-0.05, 0) is 30.5 Å². The van der Waals surface area contributed by atoms with Crippen LogP contribution in [0.25, 0.3) is 0 Å². The lowest BCUT2D eigenvalue weighted by Gasteiger charge is -2.34. The predicted octanol–water partition coefficient (Wildman–Crippen LogP) is 2.54. The minimum absolute atomic E-state index is 0.0684. The molecule has 4 nitrogen and oxygen atoms in total. The van der Waals surface area contributed by atoms with Crippen LogP contribution in [0.3, 0.4) is 0 Å². The Morgan fingerprint density at radius 2 is 2.28 bits per heavy atom. The first-order valence-corrected chi connectivity index (χ1v) is 6.49. The summed E-state index contributed by atoms with van der Waals surface area (Å²) in [6.45, 7) is 3.47. The second-order valence-corrected chi connectivity index (χ2v) is 5.38. The molecule has 2 rings (SSSR count). The summed E-state index contributed by atoms with van der Waals surface area (Å²) in [6.07, 6.45) is 0.973. The van der Waals surface area contributed by atoms with Gasteiger partial charge in [-0.1, -0.05) is 24.6 Å². The fraction of sp³-hybridized carbons (Fsp3) is 0.462. The van der Waals surface area contributed by atoms with Gasteiger partial charge in [0.2, 0.25) is 0 Å². The monoisotopic (exact) mass is 267 g/mol. The first-order valence-electron chi connectivity index (χ1n) is 6.11. The van der Waals surface area contributed by atoms with Crippen LogP contribution in [0.15, 0.2) is 24.3 Å². The number of hydrogen-bond acceptors (Lipinski definition) is 2. The molecule has 2 unspecified atom stereocenters. The van der Waals surface area contributed by atoms with Crippen molar-refractivity contribution in [3.05, 3.63) is 29.3 Å². The number of halogens is 1.